The van der Waals surface area contributed by atoms with Crippen LogP contribution >= 0.6 is 0 Å². The lowest BCUT2D eigenvalue weighted by Crippen LogP contribution is -2.47. The van der Waals surface area contributed by atoms with Crippen LogP contribution in [0.1, 0.15) is 44.9 Å². The Morgan fingerprint density at radius 1 is 1.53 bits per heavy atom. The minimum absolute atomic E-state index is 0.336. The molecule has 19 heavy (non-hydrogen) atoms. The molecule has 108 valence electrons. The summed E-state index contributed by atoms with van der Waals surface area (Å²) in [6, 6.07) is 0. The van der Waals surface area contributed by atoms with Crippen molar-refractivity contribution in [2.75, 3.05) is 7.11 Å². The Kier molecular flexibility index (Phi) is 4.63. The normalized spacial score (nSPS) is 29.4. The van der Waals surface area contributed by atoms with Gasteiger partial charge in [-0.05, 0) is 38.0 Å². The lowest BCUT2D eigenvalue weighted by atomic mass is 9.75. The number of methoxy groups -OCH3 is 1. The van der Waals surface area contributed by atoms with Crippen LogP contribution in [-0.2, 0) is 18.2 Å². The van der Waals surface area contributed by atoms with Gasteiger partial charge in [0.05, 0.1) is 11.7 Å². The van der Waals surface area contributed by atoms with Crippen molar-refractivity contribution in [1.29, 1.82) is 0 Å². The van der Waals surface area contributed by atoms with E-state index in [0.29, 0.717) is 6.42 Å². The molecule has 0 aliphatic heterocycles. The summed E-state index contributed by atoms with van der Waals surface area (Å²) in [5.41, 5.74) is -0.336. The molecular formula is C15H26N2O2. The molecule has 1 atom stereocenters. The van der Waals surface area contributed by atoms with E-state index in [0.717, 1.165) is 43.8 Å². The molecule has 1 N–H and O–H groups in total. The van der Waals surface area contributed by atoms with Gasteiger partial charge in [-0.1, -0.05) is 6.92 Å². The smallest absolute Gasteiger partial charge is 0.108 e. The number of ether oxygens (including phenoxy) is 1. The van der Waals surface area contributed by atoms with Crippen LogP contribution in [-0.4, -0.2) is 33.5 Å². The molecular weight excluding hydrogens is 240 g/mol. The Morgan fingerprint density at radius 2 is 2.21 bits per heavy atom. The first-order valence-electron chi connectivity index (χ1n) is 7.27. The number of hydrogen-bond donors (Lipinski definition) is 1. The van der Waals surface area contributed by atoms with Crippen LogP contribution < -0.4 is 0 Å². The van der Waals surface area contributed by atoms with Crippen LogP contribution in [0.25, 0.3) is 0 Å². The summed E-state index contributed by atoms with van der Waals surface area (Å²) in [6.07, 6.45) is 9.07. The molecule has 0 saturated heterocycles. The number of aliphatic hydroxyl groups is 1. The van der Waals surface area contributed by atoms with Gasteiger partial charge >= 0.3 is 0 Å². The quantitative estimate of drug-likeness (QED) is 0.889. The lowest BCUT2D eigenvalue weighted by molar-refractivity contribution is -0.130. The molecule has 0 amide bonds. The van der Waals surface area contributed by atoms with Gasteiger partial charge in [0.2, 0.25) is 0 Å². The van der Waals surface area contributed by atoms with Crippen LogP contribution in [0.5, 0.6) is 0 Å². The highest BCUT2D eigenvalue weighted by Crippen LogP contribution is 2.38. The van der Waals surface area contributed by atoms with Gasteiger partial charge in [0.15, 0.2) is 0 Å². The summed E-state index contributed by atoms with van der Waals surface area (Å²) in [6.45, 7) is 2.28. The molecule has 1 aromatic rings. The maximum absolute atomic E-state index is 10.5. The second-order valence-electron chi connectivity index (χ2n) is 5.96. The third-order valence-electron chi connectivity index (χ3n) is 4.70. The van der Waals surface area contributed by atoms with Gasteiger partial charge in [0.25, 0.3) is 0 Å². The average molecular weight is 266 g/mol. The molecule has 2 rings (SSSR count). The Morgan fingerprint density at radius 3 is 2.74 bits per heavy atom. The van der Waals surface area contributed by atoms with E-state index in [9.17, 15) is 5.11 Å². The molecule has 1 aliphatic carbocycles. The van der Waals surface area contributed by atoms with Crippen LogP contribution in [0, 0.1) is 5.92 Å². The van der Waals surface area contributed by atoms with Crippen molar-refractivity contribution < 1.29 is 9.84 Å². The molecule has 4 nitrogen and oxygen atoms in total. The van der Waals surface area contributed by atoms with Crippen LogP contribution in [0.4, 0.5) is 0 Å². The largest absolute Gasteiger partial charge is 0.390 e. The Hall–Kier alpha value is -0.870. The summed E-state index contributed by atoms with van der Waals surface area (Å²) < 4.78 is 7.72. The summed E-state index contributed by atoms with van der Waals surface area (Å²) in [7, 11) is 3.73. The van der Waals surface area contributed by atoms with Gasteiger partial charge in [-0.15, -0.1) is 0 Å². The van der Waals surface area contributed by atoms with E-state index in [4.69, 9.17) is 4.74 Å². The van der Waals surface area contributed by atoms with E-state index in [1.165, 1.54) is 0 Å². The molecule has 1 aromatic heterocycles. The van der Waals surface area contributed by atoms with Crippen molar-refractivity contribution >= 4 is 0 Å². The molecule has 4 heteroatoms. The predicted octanol–water partition coefficient (Wildman–Crippen LogP) is 2.31. The second-order valence-corrected chi connectivity index (χ2v) is 5.96. The second kappa shape index (κ2) is 6.06. The summed E-state index contributed by atoms with van der Waals surface area (Å²) in [5, 5.41) is 10.5. The topological polar surface area (TPSA) is 47.3 Å². The molecule has 0 aromatic carbocycles. The van der Waals surface area contributed by atoms with Crippen LogP contribution in [0.3, 0.4) is 0 Å². The number of aliphatic hydroxyl groups excluding tert-OH is 1. The Balaban J connectivity index is 1.93. The van der Waals surface area contributed by atoms with Crippen molar-refractivity contribution in [1.82, 2.24) is 9.55 Å². The highest BCUT2D eigenvalue weighted by atomic mass is 16.5. The molecule has 1 heterocycles. The van der Waals surface area contributed by atoms with Crippen LogP contribution in [0.2, 0.25) is 0 Å². The number of aromatic nitrogens is 2. The number of hydrogen-bond acceptors (Lipinski definition) is 3. The SMILES string of the molecule is COC1(C(O)CCc2nccn2C)CCC(C)CC1. The van der Waals surface area contributed by atoms with Gasteiger partial charge in [-0.2, -0.15) is 0 Å². The number of aryl methyl sites for hydroxylation is 2. The molecule has 0 spiro atoms. The van der Waals surface area contributed by atoms with E-state index >= 15 is 0 Å². The van der Waals surface area contributed by atoms with Crippen molar-refractivity contribution in [2.24, 2.45) is 13.0 Å². The van der Waals surface area contributed by atoms with E-state index < -0.39 is 6.10 Å². The highest BCUT2D eigenvalue weighted by molar-refractivity contribution is 4.96. The fourth-order valence-electron chi connectivity index (χ4n) is 3.09. The first-order valence-corrected chi connectivity index (χ1v) is 7.27. The Bertz CT molecular complexity index is 395. The van der Waals surface area contributed by atoms with Gasteiger partial charge in [-0.25, -0.2) is 4.98 Å². The maximum Gasteiger partial charge on any atom is 0.108 e. The molecule has 0 radical (unpaired) electrons. The van der Waals surface area contributed by atoms with E-state index in [2.05, 4.69) is 11.9 Å². The molecule has 0 bridgehead atoms. The zero-order chi connectivity index (χ0) is 13.9. The van der Waals surface area contributed by atoms with E-state index in [-0.39, 0.29) is 5.60 Å². The van der Waals surface area contributed by atoms with Gasteiger partial charge < -0.3 is 14.4 Å². The van der Waals surface area contributed by atoms with Gasteiger partial charge in [0.1, 0.15) is 5.82 Å². The first kappa shape index (κ1) is 14.5. The van der Waals surface area contributed by atoms with Crippen molar-refractivity contribution in [3.8, 4) is 0 Å². The third-order valence-corrected chi connectivity index (χ3v) is 4.70. The molecule has 1 saturated carbocycles. The number of nitrogens with zero attached hydrogens (tertiary/aromatic N) is 2. The summed E-state index contributed by atoms with van der Waals surface area (Å²) in [4.78, 5) is 4.30. The molecule has 1 unspecified atom stereocenters. The minimum atomic E-state index is -0.401. The molecule has 1 fully saturated rings. The summed E-state index contributed by atoms with van der Waals surface area (Å²) >= 11 is 0. The highest BCUT2D eigenvalue weighted by Gasteiger charge is 2.40. The van der Waals surface area contributed by atoms with Crippen molar-refractivity contribution in [3.63, 3.8) is 0 Å². The first-order chi connectivity index (χ1) is 9.07. The number of rotatable bonds is 5. The maximum atomic E-state index is 10.5. The number of imidazole rings is 1. The fraction of sp³-hybridized carbons (Fsp3) is 0.800. The fourth-order valence-corrected chi connectivity index (χ4v) is 3.09. The van der Waals surface area contributed by atoms with Crippen LogP contribution in [0.15, 0.2) is 12.4 Å². The lowest BCUT2D eigenvalue weighted by Gasteiger charge is -2.41. The zero-order valence-corrected chi connectivity index (χ0v) is 12.3. The monoisotopic (exact) mass is 266 g/mol. The van der Waals surface area contributed by atoms with E-state index in [1.54, 1.807) is 13.3 Å². The van der Waals surface area contributed by atoms with E-state index in [1.807, 2.05) is 17.8 Å². The van der Waals surface area contributed by atoms with Gasteiger partial charge in [0, 0.05) is 33.0 Å². The molecule has 1 aliphatic rings. The zero-order valence-electron chi connectivity index (χ0n) is 12.3. The van der Waals surface area contributed by atoms with Crippen molar-refractivity contribution in [2.45, 2.75) is 57.2 Å². The Labute approximate surface area is 115 Å². The minimum Gasteiger partial charge on any atom is -0.390 e. The summed E-state index contributed by atoms with van der Waals surface area (Å²) in [5.74, 6) is 1.78. The standard InChI is InChI=1S/C15H26N2O2/c1-12-6-8-15(19-3,9-7-12)13(18)4-5-14-16-10-11-17(14)2/h10-13,18H,4-9H2,1-3H3. The average Bonchev–Trinajstić information content (AvgIpc) is 2.83. The predicted molar refractivity (Wildman–Crippen MR) is 74.9 cm³/mol. The van der Waals surface area contributed by atoms with Gasteiger partial charge in [-0.3, -0.25) is 0 Å². The third kappa shape index (κ3) is 3.18. The van der Waals surface area contributed by atoms with Crippen molar-refractivity contribution in [3.05, 3.63) is 18.2 Å².